The van der Waals surface area contributed by atoms with Crippen molar-refractivity contribution in [2.75, 3.05) is 6.54 Å². The molecule has 0 aliphatic rings. The maximum atomic E-state index is 3.27. The lowest BCUT2D eigenvalue weighted by molar-refractivity contribution is 0.730. The van der Waals surface area contributed by atoms with Gasteiger partial charge in [-0.1, -0.05) is 53.5 Å². The van der Waals surface area contributed by atoms with E-state index in [-0.39, 0.29) is 0 Å². The lowest BCUT2D eigenvalue weighted by Crippen LogP contribution is -2.06. The van der Waals surface area contributed by atoms with Crippen molar-refractivity contribution in [1.29, 1.82) is 0 Å². The molecule has 0 heterocycles. The van der Waals surface area contributed by atoms with Crippen molar-refractivity contribution < 1.29 is 0 Å². The molecule has 0 spiro atoms. The summed E-state index contributed by atoms with van der Waals surface area (Å²) in [6.07, 6.45) is 5.81. The van der Waals surface area contributed by atoms with Crippen LogP contribution in [0.4, 0.5) is 0 Å². The fraction of sp³-hybridized carbons (Fsp3) is 0.733. The quantitative estimate of drug-likeness (QED) is 0.482. The van der Waals surface area contributed by atoms with E-state index >= 15 is 0 Å². The monoisotopic (exact) mass is 229 g/mol. The van der Waals surface area contributed by atoms with Crippen molar-refractivity contribution in [2.24, 2.45) is 0 Å². The zero-order chi connectivity index (χ0) is 13.8. The van der Waals surface area contributed by atoms with Crippen LogP contribution in [0.15, 0.2) is 24.9 Å². The molecule has 0 aromatic carbocycles. The average molecular weight is 229 g/mol. The van der Waals surface area contributed by atoms with Gasteiger partial charge in [-0.15, -0.1) is 13.2 Å². The van der Waals surface area contributed by atoms with Crippen LogP contribution in [0.1, 0.15) is 67.7 Å². The third-order valence-electron chi connectivity index (χ3n) is 1.58. The average Bonchev–Trinajstić information content (AvgIpc) is 2.41. The highest BCUT2D eigenvalue weighted by atomic mass is 14.8. The van der Waals surface area contributed by atoms with E-state index in [4.69, 9.17) is 0 Å². The fourth-order valence-corrected chi connectivity index (χ4v) is 0.627. The van der Waals surface area contributed by atoms with Crippen LogP contribution in [0.2, 0.25) is 0 Å². The Hall–Kier alpha value is -0.720. The summed E-state index contributed by atoms with van der Waals surface area (Å²) < 4.78 is 0. The Morgan fingerprint density at radius 3 is 1.81 bits per heavy atom. The van der Waals surface area contributed by atoms with E-state index in [1.807, 2.05) is 27.7 Å². The Kier molecular flexibility index (Phi) is 56.2. The first-order valence-corrected chi connectivity index (χ1v) is 6.70. The summed E-state index contributed by atoms with van der Waals surface area (Å²) in [7, 11) is 0. The van der Waals surface area contributed by atoms with Crippen LogP contribution in [-0.2, 0) is 0 Å². The van der Waals surface area contributed by atoms with E-state index in [1.165, 1.54) is 18.4 Å². The first-order valence-electron chi connectivity index (χ1n) is 6.70. The summed E-state index contributed by atoms with van der Waals surface area (Å²) >= 11 is 0. The first-order chi connectivity index (χ1) is 7.81. The molecule has 0 fully saturated rings. The molecule has 1 nitrogen and oxygen atoms in total. The lowest BCUT2D eigenvalue weighted by Gasteiger charge is -1.99. The summed E-state index contributed by atoms with van der Waals surface area (Å²) in [6, 6.07) is 0. The number of unbranched alkanes of at least 4 members (excludes halogenated alkanes) is 1. The second-order valence-corrected chi connectivity index (χ2v) is 2.65. The van der Waals surface area contributed by atoms with Crippen LogP contribution in [0.25, 0.3) is 0 Å². The normalized spacial score (nSPS) is 8.31. The highest BCUT2D eigenvalue weighted by molar-refractivity contribution is 4.94. The summed E-state index contributed by atoms with van der Waals surface area (Å²) in [4.78, 5) is 0. The smallest absolute Gasteiger partial charge is 0.0141 e. The molecule has 0 aliphatic heterocycles. The largest absolute Gasteiger partial charge is 0.391 e. The molecule has 0 atom stereocenters. The third kappa shape index (κ3) is 37.8. The number of hydrogen-bond donors (Lipinski definition) is 1. The highest BCUT2D eigenvalue weighted by Crippen LogP contribution is 1.94. The summed E-state index contributed by atoms with van der Waals surface area (Å²) in [6.45, 7) is 21.7. The Bertz CT molecular complexity index is 106. The topological polar surface area (TPSA) is 12.0 Å². The Balaban J connectivity index is -0.000000103. The predicted octanol–water partition coefficient (Wildman–Crippen LogP) is 5.54. The van der Waals surface area contributed by atoms with E-state index in [2.05, 4.69) is 45.4 Å². The van der Waals surface area contributed by atoms with Crippen LogP contribution < -0.4 is 5.32 Å². The molecule has 0 amide bonds. The Morgan fingerprint density at radius 1 is 1.06 bits per heavy atom. The van der Waals surface area contributed by atoms with Crippen molar-refractivity contribution >= 4 is 0 Å². The van der Waals surface area contributed by atoms with Crippen molar-refractivity contribution in [1.82, 2.24) is 5.32 Å². The zero-order valence-corrected chi connectivity index (χ0v) is 12.8. The predicted molar refractivity (Wildman–Crippen MR) is 80.9 cm³/mol. The minimum absolute atomic E-state index is 1.12. The molecule has 0 saturated heterocycles. The maximum absolute atomic E-state index is 3.27. The van der Waals surface area contributed by atoms with Crippen molar-refractivity contribution in [3.63, 3.8) is 0 Å². The van der Waals surface area contributed by atoms with Crippen molar-refractivity contribution in [3.05, 3.63) is 24.9 Å². The van der Waals surface area contributed by atoms with Crippen LogP contribution in [0.5, 0.6) is 0 Å². The van der Waals surface area contributed by atoms with Gasteiger partial charge in [-0.2, -0.15) is 0 Å². The van der Waals surface area contributed by atoms with Gasteiger partial charge in [-0.25, -0.2) is 0 Å². The van der Waals surface area contributed by atoms with Crippen LogP contribution in [-0.4, -0.2) is 6.54 Å². The van der Waals surface area contributed by atoms with Gasteiger partial charge >= 0.3 is 0 Å². The van der Waals surface area contributed by atoms with Gasteiger partial charge in [-0.05, 0) is 26.0 Å². The van der Waals surface area contributed by atoms with Crippen LogP contribution >= 0.6 is 0 Å². The molecule has 0 aromatic rings. The van der Waals surface area contributed by atoms with Gasteiger partial charge in [0.05, 0.1) is 0 Å². The number of nitrogens with one attached hydrogen (secondary N) is 1. The molecule has 100 valence electrons. The molecule has 16 heavy (non-hydrogen) atoms. The van der Waals surface area contributed by atoms with E-state index in [0.29, 0.717) is 0 Å². The van der Waals surface area contributed by atoms with Gasteiger partial charge in [0.2, 0.25) is 0 Å². The standard InChI is InChI=1S/C9H19N.2C2H6.C2H4/c1-4-6-7-10-8-9(3)5-2;3*1-2/h8,10H,4-7H2,1-3H3;2*1-2H3;1-2H2/b9-8+;;;. The molecule has 0 bridgehead atoms. The Labute approximate surface area is 105 Å². The van der Waals surface area contributed by atoms with Crippen molar-refractivity contribution in [3.8, 4) is 0 Å². The first kappa shape index (κ1) is 24.5. The SMILES string of the molecule is C=C.CC.CC.CCCCN/C=C(\C)CC. The molecule has 0 radical (unpaired) electrons. The number of allylic oxidation sites excluding steroid dienone is 1. The van der Waals surface area contributed by atoms with Gasteiger partial charge < -0.3 is 5.32 Å². The minimum Gasteiger partial charge on any atom is -0.391 e. The van der Waals surface area contributed by atoms with Gasteiger partial charge in [0.25, 0.3) is 0 Å². The van der Waals surface area contributed by atoms with Crippen LogP contribution in [0.3, 0.4) is 0 Å². The van der Waals surface area contributed by atoms with Gasteiger partial charge in [0.1, 0.15) is 0 Å². The van der Waals surface area contributed by atoms with E-state index in [0.717, 1.165) is 13.0 Å². The molecule has 0 unspecified atom stereocenters. The van der Waals surface area contributed by atoms with E-state index in [1.54, 1.807) is 0 Å². The maximum Gasteiger partial charge on any atom is 0.0141 e. The van der Waals surface area contributed by atoms with Crippen molar-refractivity contribution in [2.45, 2.75) is 67.7 Å². The molecule has 1 heteroatoms. The Morgan fingerprint density at radius 2 is 1.50 bits per heavy atom. The highest BCUT2D eigenvalue weighted by Gasteiger charge is 1.82. The van der Waals surface area contributed by atoms with Gasteiger partial charge in [0, 0.05) is 6.54 Å². The van der Waals surface area contributed by atoms with E-state index in [9.17, 15) is 0 Å². The van der Waals surface area contributed by atoms with Gasteiger partial charge in [0.15, 0.2) is 0 Å². The molecule has 0 aliphatic carbocycles. The molecule has 0 aromatic heterocycles. The summed E-state index contributed by atoms with van der Waals surface area (Å²) in [5.74, 6) is 0. The lowest BCUT2D eigenvalue weighted by atomic mass is 10.2. The molecule has 1 N–H and O–H groups in total. The molecular formula is C15H35N. The van der Waals surface area contributed by atoms with E-state index < -0.39 is 0 Å². The molecular weight excluding hydrogens is 194 g/mol. The number of hydrogen-bond acceptors (Lipinski definition) is 1. The van der Waals surface area contributed by atoms with Crippen LogP contribution in [0, 0.1) is 0 Å². The molecule has 0 saturated carbocycles. The number of rotatable bonds is 5. The zero-order valence-electron chi connectivity index (χ0n) is 12.8. The second-order valence-electron chi connectivity index (χ2n) is 2.65. The third-order valence-corrected chi connectivity index (χ3v) is 1.58. The molecule has 0 rings (SSSR count). The summed E-state index contributed by atoms with van der Waals surface area (Å²) in [5.41, 5.74) is 1.43. The van der Waals surface area contributed by atoms with Gasteiger partial charge in [-0.3, -0.25) is 0 Å². The minimum atomic E-state index is 1.12. The summed E-state index contributed by atoms with van der Waals surface area (Å²) in [5, 5.41) is 3.27. The second kappa shape index (κ2) is 36.7. The fourth-order valence-electron chi connectivity index (χ4n) is 0.627.